The quantitative estimate of drug-likeness (QED) is 0.613. The second kappa shape index (κ2) is 8.53. The van der Waals surface area contributed by atoms with Crippen LogP contribution in [-0.2, 0) is 4.79 Å². The molecule has 3 atom stereocenters. The van der Waals surface area contributed by atoms with Crippen LogP contribution in [-0.4, -0.2) is 11.9 Å². The van der Waals surface area contributed by atoms with Gasteiger partial charge in [0, 0.05) is 12.0 Å². The first-order valence-corrected chi connectivity index (χ1v) is 9.90. The molecule has 0 aliphatic heterocycles. The Bertz CT molecular complexity index is 354. The Morgan fingerprint density at radius 3 is 1.78 bits per heavy atom. The van der Waals surface area contributed by atoms with E-state index in [-0.39, 0.29) is 17.2 Å². The molecule has 1 rings (SSSR count). The Morgan fingerprint density at radius 2 is 1.39 bits per heavy atom. The zero-order valence-corrected chi connectivity index (χ0v) is 16.9. The summed E-state index contributed by atoms with van der Waals surface area (Å²) in [6, 6.07) is 0.432. The monoisotopic (exact) mass is 323 g/mol. The summed E-state index contributed by atoms with van der Waals surface area (Å²) in [6.45, 7) is 18.6. The topological polar surface area (TPSA) is 29.1 Å². The van der Waals surface area contributed by atoms with Crippen LogP contribution in [0, 0.1) is 35.0 Å². The summed E-state index contributed by atoms with van der Waals surface area (Å²) in [5.41, 5.74) is 0.203. The van der Waals surface area contributed by atoms with E-state index in [1.807, 2.05) is 0 Å². The highest BCUT2D eigenvalue weighted by molar-refractivity contribution is 5.78. The van der Waals surface area contributed by atoms with E-state index < -0.39 is 0 Å². The molecule has 23 heavy (non-hydrogen) atoms. The number of carbonyl (C=O) groups is 1. The first-order valence-electron chi connectivity index (χ1n) is 9.90. The van der Waals surface area contributed by atoms with Crippen molar-refractivity contribution in [3.05, 3.63) is 0 Å². The van der Waals surface area contributed by atoms with E-state index in [0.29, 0.717) is 29.7 Å². The van der Waals surface area contributed by atoms with Gasteiger partial charge in [0.25, 0.3) is 0 Å². The first kappa shape index (κ1) is 20.5. The third kappa shape index (κ3) is 5.22. The zero-order chi connectivity index (χ0) is 17.8. The van der Waals surface area contributed by atoms with E-state index in [1.54, 1.807) is 0 Å². The minimum atomic E-state index is 0.1000. The van der Waals surface area contributed by atoms with Crippen LogP contribution in [0.15, 0.2) is 0 Å². The number of amides is 1. The molecule has 2 nitrogen and oxygen atoms in total. The van der Waals surface area contributed by atoms with E-state index in [1.165, 1.54) is 25.7 Å². The maximum Gasteiger partial charge on any atom is 0.223 e. The SMILES string of the molecule is CC(CC(C)(C(C)C(C)C)C(C)C(C)C)C(=O)NC1CCCC1. The molecule has 0 spiro atoms. The van der Waals surface area contributed by atoms with Crippen molar-refractivity contribution in [1.29, 1.82) is 0 Å². The number of carbonyl (C=O) groups excluding carboxylic acids is 1. The second-order valence-electron chi connectivity index (χ2n) is 9.17. The lowest BCUT2D eigenvalue weighted by molar-refractivity contribution is -0.127. The number of hydrogen-bond donors (Lipinski definition) is 1. The minimum Gasteiger partial charge on any atom is -0.353 e. The smallest absolute Gasteiger partial charge is 0.223 e. The highest BCUT2D eigenvalue weighted by Gasteiger charge is 2.41. The van der Waals surface area contributed by atoms with Crippen LogP contribution in [0.5, 0.6) is 0 Å². The van der Waals surface area contributed by atoms with Crippen molar-refractivity contribution >= 4 is 5.91 Å². The molecule has 0 bridgehead atoms. The van der Waals surface area contributed by atoms with Gasteiger partial charge in [-0.2, -0.15) is 0 Å². The molecule has 0 aromatic rings. The fourth-order valence-corrected chi connectivity index (χ4v) is 4.48. The van der Waals surface area contributed by atoms with E-state index in [9.17, 15) is 4.79 Å². The van der Waals surface area contributed by atoms with Crippen LogP contribution in [0.2, 0.25) is 0 Å². The Kier molecular flexibility index (Phi) is 7.61. The lowest BCUT2D eigenvalue weighted by Crippen LogP contribution is -2.43. The molecule has 1 amide bonds. The molecule has 1 aliphatic rings. The van der Waals surface area contributed by atoms with Gasteiger partial charge >= 0.3 is 0 Å². The first-order chi connectivity index (χ1) is 10.6. The molecule has 0 radical (unpaired) electrons. The van der Waals surface area contributed by atoms with E-state index in [4.69, 9.17) is 0 Å². The molecule has 0 saturated heterocycles. The van der Waals surface area contributed by atoms with Crippen LogP contribution in [0.3, 0.4) is 0 Å². The molecule has 1 aliphatic carbocycles. The third-order valence-electron chi connectivity index (χ3n) is 6.98. The van der Waals surface area contributed by atoms with Gasteiger partial charge in [0.1, 0.15) is 0 Å². The fourth-order valence-electron chi connectivity index (χ4n) is 4.48. The number of hydrogen-bond acceptors (Lipinski definition) is 1. The average Bonchev–Trinajstić information content (AvgIpc) is 2.97. The largest absolute Gasteiger partial charge is 0.353 e. The minimum absolute atomic E-state index is 0.1000. The highest BCUT2D eigenvalue weighted by Crippen LogP contribution is 2.47. The van der Waals surface area contributed by atoms with Gasteiger partial charge < -0.3 is 5.32 Å². The van der Waals surface area contributed by atoms with Crippen molar-refractivity contribution in [3.63, 3.8) is 0 Å². The molecule has 2 heteroatoms. The van der Waals surface area contributed by atoms with E-state index in [2.05, 4.69) is 60.7 Å². The molecular weight excluding hydrogens is 282 g/mol. The van der Waals surface area contributed by atoms with Crippen LogP contribution in [0.1, 0.15) is 87.5 Å². The third-order valence-corrected chi connectivity index (χ3v) is 6.98. The summed E-state index contributed by atoms with van der Waals surface area (Å²) >= 11 is 0. The summed E-state index contributed by atoms with van der Waals surface area (Å²) in [5.74, 6) is 2.89. The maximum absolute atomic E-state index is 12.7. The summed E-state index contributed by atoms with van der Waals surface area (Å²) < 4.78 is 0. The van der Waals surface area contributed by atoms with Gasteiger partial charge in [0.2, 0.25) is 5.91 Å². The highest BCUT2D eigenvalue weighted by atomic mass is 16.1. The van der Waals surface area contributed by atoms with Crippen molar-refractivity contribution in [1.82, 2.24) is 5.32 Å². The maximum atomic E-state index is 12.7. The molecule has 0 aromatic carbocycles. The summed E-state index contributed by atoms with van der Waals surface area (Å²) in [4.78, 5) is 12.7. The summed E-state index contributed by atoms with van der Waals surface area (Å²) in [5, 5.41) is 3.30. The average molecular weight is 324 g/mol. The Labute approximate surface area is 145 Å². The molecule has 1 saturated carbocycles. The number of nitrogens with one attached hydrogen (secondary N) is 1. The second-order valence-corrected chi connectivity index (χ2v) is 9.17. The Morgan fingerprint density at radius 1 is 0.957 bits per heavy atom. The molecule has 136 valence electrons. The zero-order valence-electron chi connectivity index (χ0n) is 16.9. The lowest BCUT2D eigenvalue weighted by Gasteiger charge is -2.46. The van der Waals surface area contributed by atoms with Crippen LogP contribution < -0.4 is 5.32 Å². The van der Waals surface area contributed by atoms with Crippen LogP contribution in [0.25, 0.3) is 0 Å². The molecule has 0 aromatic heterocycles. The van der Waals surface area contributed by atoms with Crippen LogP contribution in [0.4, 0.5) is 0 Å². The molecule has 1 fully saturated rings. The molecule has 1 N–H and O–H groups in total. The fraction of sp³-hybridized carbons (Fsp3) is 0.952. The summed E-state index contributed by atoms with van der Waals surface area (Å²) in [6.07, 6.45) is 5.86. The lowest BCUT2D eigenvalue weighted by atomic mass is 9.59. The van der Waals surface area contributed by atoms with Gasteiger partial charge in [-0.3, -0.25) is 4.79 Å². The molecule has 3 unspecified atom stereocenters. The predicted molar refractivity (Wildman–Crippen MR) is 100 cm³/mol. The number of rotatable bonds is 8. The van der Waals surface area contributed by atoms with Crippen molar-refractivity contribution in [2.24, 2.45) is 35.0 Å². The van der Waals surface area contributed by atoms with Gasteiger partial charge in [-0.15, -0.1) is 0 Å². The van der Waals surface area contributed by atoms with E-state index >= 15 is 0 Å². The Hall–Kier alpha value is -0.530. The molecule has 0 heterocycles. The molecular formula is C21H41NO. The normalized spacial score (nSPS) is 22.9. The van der Waals surface area contributed by atoms with Crippen LogP contribution >= 0.6 is 0 Å². The van der Waals surface area contributed by atoms with Gasteiger partial charge in [-0.25, -0.2) is 0 Å². The predicted octanol–water partition coefficient (Wildman–Crippen LogP) is 5.66. The van der Waals surface area contributed by atoms with Crippen molar-refractivity contribution in [3.8, 4) is 0 Å². The van der Waals surface area contributed by atoms with Gasteiger partial charge in [-0.1, -0.05) is 68.2 Å². The Balaban J connectivity index is 2.80. The van der Waals surface area contributed by atoms with Crippen molar-refractivity contribution in [2.75, 3.05) is 0 Å². The van der Waals surface area contributed by atoms with Crippen molar-refractivity contribution in [2.45, 2.75) is 93.5 Å². The van der Waals surface area contributed by atoms with E-state index in [0.717, 1.165) is 6.42 Å². The summed E-state index contributed by atoms with van der Waals surface area (Å²) in [7, 11) is 0. The van der Waals surface area contributed by atoms with Gasteiger partial charge in [0.15, 0.2) is 0 Å². The van der Waals surface area contributed by atoms with Gasteiger partial charge in [-0.05, 0) is 48.3 Å². The van der Waals surface area contributed by atoms with Gasteiger partial charge in [0.05, 0.1) is 0 Å². The standard InChI is InChI=1S/C21H41NO/c1-14(2)17(6)21(8,18(7)15(3)4)13-16(5)20(23)22-19-11-9-10-12-19/h14-19H,9-13H2,1-8H3,(H,22,23). The van der Waals surface area contributed by atoms with Crippen molar-refractivity contribution < 1.29 is 4.79 Å².